The maximum absolute atomic E-state index is 11.9. The van der Waals surface area contributed by atoms with E-state index in [1.54, 1.807) is 18.2 Å². The Balaban J connectivity index is 1.91. The number of esters is 1. The van der Waals surface area contributed by atoms with Crippen molar-refractivity contribution in [2.75, 3.05) is 18.5 Å². The number of amides is 2. The first-order chi connectivity index (χ1) is 12.0. The molecule has 1 aromatic heterocycles. The molecule has 0 saturated carbocycles. The van der Waals surface area contributed by atoms with Gasteiger partial charge in [-0.25, -0.2) is 9.78 Å². The normalized spacial score (nSPS) is 10.0. The number of halogens is 1. The van der Waals surface area contributed by atoms with Crippen molar-refractivity contribution in [1.29, 1.82) is 0 Å². The van der Waals surface area contributed by atoms with Gasteiger partial charge in [0, 0.05) is 24.0 Å². The standard InChI is InChI=1S/C17H16ClN3O4/c1-2-19-16(23)11-4-3-5-13(8-11)21-15(22)10-25-17(24)12-6-7-20-14(18)9-12/h3-9H,2,10H2,1H3,(H,19,23)(H,21,22). The third-order valence-corrected chi connectivity index (χ3v) is 3.25. The molecular formula is C17H16ClN3O4. The molecule has 2 amide bonds. The van der Waals surface area contributed by atoms with Gasteiger partial charge in [-0.1, -0.05) is 17.7 Å². The lowest BCUT2D eigenvalue weighted by Gasteiger charge is -2.08. The van der Waals surface area contributed by atoms with Gasteiger partial charge in [0.05, 0.1) is 5.56 Å². The summed E-state index contributed by atoms with van der Waals surface area (Å²) in [5, 5.41) is 5.38. The minimum absolute atomic E-state index is 0.154. The lowest BCUT2D eigenvalue weighted by molar-refractivity contribution is -0.119. The van der Waals surface area contributed by atoms with Crippen molar-refractivity contribution in [3.05, 3.63) is 58.9 Å². The van der Waals surface area contributed by atoms with E-state index >= 15 is 0 Å². The smallest absolute Gasteiger partial charge is 0.338 e. The van der Waals surface area contributed by atoms with Crippen molar-refractivity contribution < 1.29 is 19.1 Å². The summed E-state index contributed by atoms with van der Waals surface area (Å²) in [6, 6.07) is 9.22. The van der Waals surface area contributed by atoms with Crippen LogP contribution < -0.4 is 10.6 Å². The summed E-state index contributed by atoms with van der Waals surface area (Å²) in [5.74, 6) is -1.45. The van der Waals surface area contributed by atoms with Gasteiger partial charge in [0.1, 0.15) is 5.15 Å². The van der Waals surface area contributed by atoms with E-state index in [0.29, 0.717) is 17.8 Å². The van der Waals surface area contributed by atoms with E-state index in [-0.39, 0.29) is 16.6 Å². The average Bonchev–Trinajstić information content (AvgIpc) is 2.60. The van der Waals surface area contributed by atoms with E-state index in [0.717, 1.165) is 0 Å². The Morgan fingerprint density at radius 3 is 2.68 bits per heavy atom. The molecule has 1 heterocycles. The molecule has 0 saturated heterocycles. The number of anilines is 1. The number of nitrogens with zero attached hydrogens (tertiary/aromatic N) is 1. The first-order valence-electron chi connectivity index (χ1n) is 7.46. The van der Waals surface area contributed by atoms with Crippen molar-refractivity contribution in [2.45, 2.75) is 6.92 Å². The van der Waals surface area contributed by atoms with Crippen LogP contribution in [0.5, 0.6) is 0 Å². The Morgan fingerprint density at radius 2 is 1.96 bits per heavy atom. The number of carbonyl (C=O) groups excluding carboxylic acids is 3. The number of benzene rings is 1. The van der Waals surface area contributed by atoms with Crippen LogP contribution in [0.15, 0.2) is 42.6 Å². The van der Waals surface area contributed by atoms with Crippen LogP contribution in [0.1, 0.15) is 27.6 Å². The molecule has 0 fully saturated rings. The Morgan fingerprint density at radius 1 is 1.16 bits per heavy atom. The highest BCUT2D eigenvalue weighted by atomic mass is 35.5. The molecule has 0 unspecified atom stereocenters. The van der Waals surface area contributed by atoms with Crippen molar-refractivity contribution in [3.63, 3.8) is 0 Å². The molecular weight excluding hydrogens is 346 g/mol. The summed E-state index contributed by atoms with van der Waals surface area (Å²) in [6.07, 6.45) is 1.37. The largest absolute Gasteiger partial charge is 0.452 e. The molecule has 2 aromatic rings. The number of carbonyl (C=O) groups is 3. The van der Waals surface area contributed by atoms with Gasteiger partial charge < -0.3 is 15.4 Å². The summed E-state index contributed by atoms with van der Waals surface area (Å²) < 4.78 is 4.92. The quantitative estimate of drug-likeness (QED) is 0.607. The third kappa shape index (κ3) is 5.58. The van der Waals surface area contributed by atoms with Gasteiger partial charge in [-0.05, 0) is 37.3 Å². The lowest BCUT2D eigenvalue weighted by atomic mass is 10.2. The summed E-state index contributed by atoms with van der Waals surface area (Å²) in [7, 11) is 0. The molecule has 0 atom stereocenters. The number of hydrogen-bond acceptors (Lipinski definition) is 5. The molecule has 8 heteroatoms. The Hall–Kier alpha value is -2.93. The van der Waals surface area contributed by atoms with Gasteiger partial charge in [-0.15, -0.1) is 0 Å². The molecule has 0 radical (unpaired) electrons. The molecule has 0 bridgehead atoms. The summed E-state index contributed by atoms with van der Waals surface area (Å²) in [4.78, 5) is 39.2. The molecule has 130 valence electrons. The predicted molar refractivity (Wildman–Crippen MR) is 92.6 cm³/mol. The number of hydrogen-bond donors (Lipinski definition) is 2. The van der Waals surface area contributed by atoms with Gasteiger partial charge in [0.2, 0.25) is 0 Å². The number of aromatic nitrogens is 1. The second kappa shape index (κ2) is 8.79. The maximum atomic E-state index is 11.9. The van der Waals surface area contributed by atoms with Crippen molar-refractivity contribution >= 4 is 35.1 Å². The molecule has 0 aliphatic carbocycles. The van der Waals surface area contributed by atoms with Crippen molar-refractivity contribution in [1.82, 2.24) is 10.3 Å². The fourth-order valence-electron chi connectivity index (χ4n) is 1.94. The second-order valence-electron chi connectivity index (χ2n) is 4.93. The second-order valence-corrected chi connectivity index (χ2v) is 5.32. The fourth-order valence-corrected chi connectivity index (χ4v) is 2.12. The molecule has 0 aliphatic heterocycles. The highest BCUT2D eigenvalue weighted by Crippen LogP contribution is 2.11. The highest BCUT2D eigenvalue weighted by molar-refractivity contribution is 6.29. The van der Waals surface area contributed by atoms with Gasteiger partial charge in [-0.2, -0.15) is 0 Å². The topological polar surface area (TPSA) is 97.4 Å². The third-order valence-electron chi connectivity index (χ3n) is 3.04. The van der Waals surface area contributed by atoms with Crippen molar-refractivity contribution in [3.8, 4) is 0 Å². The monoisotopic (exact) mass is 361 g/mol. The predicted octanol–water partition coefficient (Wildman–Crippen LogP) is 2.28. The van der Waals surface area contributed by atoms with Gasteiger partial charge in [0.25, 0.3) is 11.8 Å². The maximum Gasteiger partial charge on any atom is 0.338 e. The van der Waals surface area contributed by atoms with E-state index in [9.17, 15) is 14.4 Å². The lowest BCUT2D eigenvalue weighted by Crippen LogP contribution is -2.23. The minimum Gasteiger partial charge on any atom is -0.452 e. The van der Waals surface area contributed by atoms with Gasteiger partial charge in [-0.3, -0.25) is 9.59 Å². The number of rotatable bonds is 6. The molecule has 25 heavy (non-hydrogen) atoms. The van der Waals surface area contributed by atoms with Crippen molar-refractivity contribution in [2.24, 2.45) is 0 Å². The van der Waals surface area contributed by atoms with Crippen LogP contribution in [0.3, 0.4) is 0 Å². The molecule has 7 nitrogen and oxygen atoms in total. The van der Waals surface area contributed by atoms with E-state index in [1.165, 1.54) is 24.4 Å². The van der Waals surface area contributed by atoms with Crippen LogP contribution in [0.2, 0.25) is 5.15 Å². The first-order valence-corrected chi connectivity index (χ1v) is 7.84. The van der Waals surface area contributed by atoms with Crippen LogP contribution in [0.25, 0.3) is 0 Å². The van der Waals surface area contributed by atoms with E-state index in [2.05, 4.69) is 15.6 Å². The van der Waals surface area contributed by atoms with Gasteiger partial charge >= 0.3 is 5.97 Å². The fraction of sp³-hybridized carbons (Fsp3) is 0.176. The van der Waals surface area contributed by atoms with Crippen LogP contribution in [0.4, 0.5) is 5.69 Å². The average molecular weight is 362 g/mol. The molecule has 2 N–H and O–H groups in total. The molecule has 0 spiro atoms. The highest BCUT2D eigenvalue weighted by Gasteiger charge is 2.12. The summed E-state index contributed by atoms with van der Waals surface area (Å²) in [5.41, 5.74) is 1.05. The molecule has 2 rings (SSSR count). The van der Waals surface area contributed by atoms with Crippen LogP contribution in [0, 0.1) is 0 Å². The molecule has 0 aliphatic rings. The van der Waals surface area contributed by atoms with Crippen LogP contribution in [-0.4, -0.2) is 35.9 Å². The zero-order valence-electron chi connectivity index (χ0n) is 13.4. The zero-order chi connectivity index (χ0) is 18.2. The first kappa shape index (κ1) is 18.4. The van der Waals surface area contributed by atoms with E-state index in [4.69, 9.17) is 16.3 Å². The number of ether oxygens (including phenoxy) is 1. The molecule has 1 aromatic carbocycles. The summed E-state index contributed by atoms with van der Waals surface area (Å²) in [6.45, 7) is 1.85. The number of nitrogens with one attached hydrogen (secondary N) is 2. The van der Waals surface area contributed by atoms with Crippen LogP contribution in [-0.2, 0) is 9.53 Å². The summed E-state index contributed by atoms with van der Waals surface area (Å²) >= 11 is 5.69. The van der Waals surface area contributed by atoms with E-state index < -0.39 is 18.5 Å². The van der Waals surface area contributed by atoms with Gasteiger partial charge in [0.15, 0.2) is 6.61 Å². The van der Waals surface area contributed by atoms with Crippen LogP contribution >= 0.6 is 11.6 Å². The SMILES string of the molecule is CCNC(=O)c1cccc(NC(=O)COC(=O)c2ccnc(Cl)c2)c1. The minimum atomic E-state index is -0.685. The Bertz CT molecular complexity index is 795. The number of pyridine rings is 1. The van der Waals surface area contributed by atoms with E-state index in [1.807, 2.05) is 6.92 Å². The Kier molecular flexibility index (Phi) is 6.47. The Labute approximate surface area is 149 Å². The zero-order valence-corrected chi connectivity index (χ0v) is 14.2.